The summed E-state index contributed by atoms with van der Waals surface area (Å²) in [5.41, 5.74) is -0.735. The van der Waals surface area contributed by atoms with Gasteiger partial charge in [0.15, 0.2) is 0 Å². The highest BCUT2D eigenvalue weighted by molar-refractivity contribution is 7.10. The molecule has 1 fully saturated rings. The predicted octanol–water partition coefficient (Wildman–Crippen LogP) is 3.12. The van der Waals surface area contributed by atoms with E-state index < -0.39 is 17.5 Å². The van der Waals surface area contributed by atoms with Crippen molar-refractivity contribution in [2.45, 2.75) is 37.6 Å². The summed E-state index contributed by atoms with van der Waals surface area (Å²) in [5.74, 6) is 0.191. The van der Waals surface area contributed by atoms with Crippen LogP contribution in [0.5, 0.6) is 0 Å². The first-order valence-electron chi connectivity index (χ1n) is 9.87. The number of rotatable bonds is 5. The Morgan fingerprint density at radius 2 is 2.13 bits per heavy atom. The Kier molecular flexibility index (Phi) is 5.73. The van der Waals surface area contributed by atoms with Crippen molar-refractivity contribution < 1.29 is 14.3 Å². The first-order valence-corrected chi connectivity index (χ1v) is 10.8. The van der Waals surface area contributed by atoms with E-state index in [-0.39, 0.29) is 11.9 Å². The van der Waals surface area contributed by atoms with E-state index in [1.54, 1.807) is 24.5 Å². The Bertz CT molecular complexity index is 1000. The van der Waals surface area contributed by atoms with Crippen LogP contribution < -0.4 is 5.32 Å². The highest BCUT2D eigenvalue weighted by Crippen LogP contribution is 2.39. The first kappa shape index (κ1) is 20.7. The zero-order valence-electron chi connectivity index (χ0n) is 17.0. The molecule has 3 atom stereocenters. The molecule has 4 rings (SSSR count). The maximum absolute atomic E-state index is 13.3. The number of halogens is 1. The standard InChI is InChI=1S/C22H25FN4O2S/c1-22(29)9-11-27(14-18-24-10-12-26(18)2)19(17-4-3-13-30-17)20(22)25-21(28)15-5-7-16(23)8-6-15/h3-8,10,12-13,19-20,29H,9,11,14H2,1-2H3,(H,25,28). The minimum Gasteiger partial charge on any atom is -0.388 e. The number of aliphatic hydroxyl groups is 1. The fourth-order valence-electron chi connectivity index (χ4n) is 3.99. The second-order valence-electron chi connectivity index (χ2n) is 7.95. The van der Waals surface area contributed by atoms with Crippen LogP contribution in [0, 0.1) is 5.82 Å². The summed E-state index contributed by atoms with van der Waals surface area (Å²) in [5, 5.41) is 16.3. The van der Waals surface area contributed by atoms with Crippen molar-refractivity contribution in [3.05, 3.63) is 76.3 Å². The fourth-order valence-corrected chi connectivity index (χ4v) is 4.88. The van der Waals surface area contributed by atoms with Crippen LogP contribution in [0.15, 0.2) is 54.2 Å². The van der Waals surface area contributed by atoms with Gasteiger partial charge in [-0.25, -0.2) is 9.37 Å². The number of thiophene rings is 1. The van der Waals surface area contributed by atoms with Crippen molar-refractivity contribution in [1.29, 1.82) is 0 Å². The lowest BCUT2D eigenvalue weighted by Gasteiger charge is -2.48. The third-order valence-corrected chi connectivity index (χ3v) is 6.72. The summed E-state index contributed by atoms with van der Waals surface area (Å²) >= 11 is 1.60. The number of aryl methyl sites for hydroxylation is 1. The number of imidazole rings is 1. The van der Waals surface area contributed by atoms with Crippen LogP contribution in [0.25, 0.3) is 0 Å². The molecule has 1 aromatic carbocycles. The molecular weight excluding hydrogens is 403 g/mol. The molecule has 1 aliphatic rings. The molecule has 0 aliphatic carbocycles. The molecular formula is C22H25FN4O2S. The molecule has 3 aromatic rings. The minimum atomic E-state index is -1.09. The SMILES string of the molecule is Cn1ccnc1CN1CCC(C)(O)C(NC(=O)c2ccc(F)cc2)C1c1cccs1. The molecule has 2 N–H and O–H groups in total. The average molecular weight is 429 g/mol. The van der Waals surface area contributed by atoms with E-state index in [1.807, 2.05) is 35.3 Å². The molecule has 3 unspecified atom stereocenters. The Hall–Kier alpha value is -2.55. The van der Waals surface area contributed by atoms with Crippen LogP contribution in [0.1, 0.15) is 40.4 Å². The van der Waals surface area contributed by atoms with E-state index in [0.29, 0.717) is 25.1 Å². The van der Waals surface area contributed by atoms with Gasteiger partial charge in [0.1, 0.15) is 11.6 Å². The van der Waals surface area contributed by atoms with Crippen LogP contribution in [0.4, 0.5) is 4.39 Å². The van der Waals surface area contributed by atoms with Gasteiger partial charge in [0.25, 0.3) is 5.91 Å². The molecule has 158 valence electrons. The van der Waals surface area contributed by atoms with Crippen molar-refractivity contribution in [2.75, 3.05) is 6.54 Å². The molecule has 8 heteroatoms. The topological polar surface area (TPSA) is 70.4 Å². The van der Waals surface area contributed by atoms with Crippen molar-refractivity contribution in [1.82, 2.24) is 19.8 Å². The van der Waals surface area contributed by atoms with Crippen LogP contribution in [0.2, 0.25) is 0 Å². The quantitative estimate of drug-likeness (QED) is 0.655. The van der Waals surface area contributed by atoms with E-state index in [1.165, 1.54) is 24.3 Å². The maximum Gasteiger partial charge on any atom is 0.251 e. The van der Waals surface area contributed by atoms with Crippen LogP contribution in [-0.4, -0.2) is 43.7 Å². The zero-order valence-corrected chi connectivity index (χ0v) is 17.8. The predicted molar refractivity (Wildman–Crippen MR) is 114 cm³/mol. The van der Waals surface area contributed by atoms with E-state index in [4.69, 9.17) is 0 Å². The number of hydrogen-bond acceptors (Lipinski definition) is 5. The molecule has 0 radical (unpaired) electrons. The molecule has 0 bridgehead atoms. The lowest BCUT2D eigenvalue weighted by molar-refractivity contribution is -0.0663. The molecule has 6 nitrogen and oxygen atoms in total. The van der Waals surface area contributed by atoms with Crippen LogP contribution >= 0.6 is 11.3 Å². The van der Waals surface area contributed by atoms with Gasteiger partial charge in [0.05, 0.1) is 24.2 Å². The number of likely N-dealkylation sites (tertiary alicyclic amines) is 1. The van der Waals surface area contributed by atoms with Crippen molar-refractivity contribution in [2.24, 2.45) is 7.05 Å². The average Bonchev–Trinajstić information content (AvgIpc) is 3.37. The molecule has 30 heavy (non-hydrogen) atoms. The molecule has 3 heterocycles. The van der Waals surface area contributed by atoms with Gasteiger partial charge in [-0.1, -0.05) is 6.07 Å². The summed E-state index contributed by atoms with van der Waals surface area (Å²) in [6, 6.07) is 8.68. The second kappa shape index (κ2) is 8.29. The van der Waals surface area contributed by atoms with E-state index >= 15 is 0 Å². The Morgan fingerprint density at radius 1 is 1.37 bits per heavy atom. The smallest absolute Gasteiger partial charge is 0.251 e. The third-order valence-electron chi connectivity index (χ3n) is 5.78. The number of benzene rings is 1. The molecule has 1 aliphatic heterocycles. The van der Waals surface area contributed by atoms with Crippen LogP contribution in [0.3, 0.4) is 0 Å². The zero-order chi connectivity index (χ0) is 21.3. The lowest BCUT2D eigenvalue weighted by atomic mass is 9.81. The normalized spacial score (nSPS) is 24.7. The summed E-state index contributed by atoms with van der Waals surface area (Å²) in [4.78, 5) is 20.7. The number of nitrogens with zero attached hydrogens (tertiary/aromatic N) is 3. The first-order chi connectivity index (χ1) is 14.3. The van der Waals surface area contributed by atoms with Gasteiger partial charge >= 0.3 is 0 Å². The molecule has 1 saturated heterocycles. The van der Waals surface area contributed by atoms with Gasteiger partial charge < -0.3 is 15.0 Å². The number of carbonyl (C=O) groups excluding carboxylic acids is 1. The molecule has 2 aromatic heterocycles. The Morgan fingerprint density at radius 3 is 2.77 bits per heavy atom. The number of amides is 1. The summed E-state index contributed by atoms with van der Waals surface area (Å²) < 4.78 is 15.2. The molecule has 0 spiro atoms. The Labute approximate surface area is 179 Å². The monoisotopic (exact) mass is 428 g/mol. The largest absolute Gasteiger partial charge is 0.388 e. The number of hydrogen-bond donors (Lipinski definition) is 2. The minimum absolute atomic E-state index is 0.213. The Balaban J connectivity index is 1.66. The van der Waals surface area contributed by atoms with E-state index in [0.717, 1.165) is 10.7 Å². The lowest BCUT2D eigenvalue weighted by Crippen LogP contribution is -2.62. The van der Waals surface area contributed by atoms with Gasteiger partial charge in [-0.3, -0.25) is 9.69 Å². The van der Waals surface area contributed by atoms with Gasteiger partial charge in [-0.2, -0.15) is 0 Å². The maximum atomic E-state index is 13.3. The van der Waals surface area contributed by atoms with E-state index in [2.05, 4.69) is 15.2 Å². The highest BCUT2D eigenvalue weighted by atomic mass is 32.1. The van der Waals surface area contributed by atoms with Crippen molar-refractivity contribution in [3.8, 4) is 0 Å². The molecule has 1 amide bonds. The third kappa shape index (κ3) is 4.16. The number of carbonyl (C=O) groups is 1. The summed E-state index contributed by atoms with van der Waals surface area (Å²) in [6.07, 6.45) is 4.18. The van der Waals surface area contributed by atoms with Crippen LogP contribution in [-0.2, 0) is 13.6 Å². The van der Waals surface area contributed by atoms with Crippen molar-refractivity contribution >= 4 is 17.2 Å². The summed E-state index contributed by atoms with van der Waals surface area (Å²) in [7, 11) is 1.95. The van der Waals surface area contributed by atoms with Gasteiger partial charge in [-0.15, -0.1) is 11.3 Å². The number of nitrogens with one attached hydrogen (secondary N) is 1. The van der Waals surface area contributed by atoms with Gasteiger partial charge in [0.2, 0.25) is 0 Å². The highest BCUT2D eigenvalue weighted by Gasteiger charge is 2.46. The molecule has 0 saturated carbocycles. The second-order valence-corrected chi connectivity index (χ2v) is 8.93. The van der Waals surface area contributed by atoms with Gasteiger partial charge in [0, 0.05) is 36.4 Å². The summed E-state index contributed by atoms with van der Waals surface area (Å²) in [6.45, 7) is 3.04. The van der Waals surface area contributed by atoms with E-state index in [9.17, 15) is 14.3 Å². The number of aromatic nitrogens is 2. The van der Waals surface area contributed by atoms with Crippen molar-refractivity contribution in [3.63, 3.8) is 0 Å². The van der Waals surface area contributed by atoms with Gasteiger partial charge in [-0.05, 0) is 49.1 Å². The number of piperidine rings is 1. The fraction of sp³-hybridized carbons (Fsp3) is 0.364.